The van der Waals surface area contributed by atoms with Gasteiger partial charge in [0.15, 0.2) is 5.82 Å². The Kier molecular flexibility index (Phi) is 6.53. The van der Waals surface area contributed by atoms with Gasteiger partial charge in [-0.05, 0) is 58.9 Å². The molecule has 1 amide bonds. The summed E-state index contributed by atoms with van der Waals surface area (Å²) >= 11 is 4.88. The molecule has 0 aliphatic heterocycles. The Morgan fingerprint density at radius 3 is 2.45 bits per heavy atom. The van der Waals surface area contributed by atoms with Crippen LogP contribution in [0.3, 0.4) is 0 Å². The van der Waals surface area contributed by atoms with Crippen molar-refractivity contribution in [3.8, 4) is 5.75 Å². The second-order valence-corrected chi connectivity index (χ2v) is 9.15. The van der Waals surface area contributed by atoms with Gasteiger partial charge < -0.3 is 10.1 Å². The molecule has 0 radical (unpaired) electrons. The molecule has 0 spiro atoms. The number of carbonyl (C=O) groups excluding carboxylic acids is 1. The van der Waals surface area contributed by atoms with Crippen LogP contribution < -0.4 is 10.1 Å². The average molecular weight is 496 g/mol. The first kappa shape index (κ1) is 21.3. The molecule has 4 rings (SSSR count). The van der Waals surface area contributed by atoms with Gasteiger partial charge in [0.1, 0.15) is 12.4 Å². The third-order valence-electron chi connectivity index (χ3n) is 4.72. The Morgan fingerprint density at radius 1 is 1.06 bits per heavy atom. The second-order valence-electron chi connectivity index (χ2n) is 7.38. The first-order valence-corrected chi connectivity index (χ1v) is 11.5. The summed E-state index contributed by atoms with van der Waals surface area (Å²) in [5, 5.41) is 9.33. The molecule has 2 aromatic heterocycles. The van der Waals surface area contributed by atoms with Gasteiger partial charge in [-0.15, -0.1) is 11.3 Å². The number of aromatic nitrogens is 2. The molecule has 0 saturated heterocycles. The number of rotatable bonds is 7. The number of hydrogen-bond donors (Lipinski definition) is 1. The molecular formula is C24H22BrN3O2S. The summed E-state index contributed by atoms with van der Waals surface area (Å²) < 4.78 is 8.34. The molecular weight excluding hydrogens is 474 g/mol. The first-order valence-electron chi connectivity index (χ1n) is 9.83. The van der Waals surface area contributed by atoms with Crippen LogP contribution in [0, 0.1) is 13.8 Å². The lowest BCUT2D eigenvalue weighted by atomic mass is 10.1. The van der Waals surface area contributed by atoms with Gasteiger partial charge in [0.25, 0.3) is 5.91 Å². The van der Waals surface area contributed by atoms with Crippen molar-refractivity contribution < 1.29 is 9.53 Å². The minimum Gasteiger partial charge on any atom is -0.489 e. The minimum atomic E-state index is -0.187. The molecule has 7 heteroatoms. The molecule has 0 atom stereocenters. The van der Waals surface area contributed by atoms with Crippen molar-refractivity contribution in [1.29, 1.82) is 0 Å². The highest BCUT2D eigenvalue weighted by Gasteiger charge is 2.14. The quantitative estimate of drug-likeness (QED) is 0.331. The minimum absolute atomic E-state index is 0.187. The van der Waals surface area contributed by atoms with E-state index in [0.717, 1.165) is 21.3 Å². The van der Waals surface area contributed by atoms with Crippen molar-refractivity contribution in [2.45, 2.75) is 27.0 Å². The normalized spacial score (nSPS) is 10.8. The third kappa shape index (κ3) is 5.62. The summed E-state index contributed by atoms with van der Waals surface area (Å²) in [4.78, 5) is 13.3. The number of carbonyl (C=O) groups is 1. The number of halogens is 1. The number of amides is 1. The molecule has 0 bridgehead atoms. The fourth-order valence-corrected chi connectivity index (χ4v) is 4.19. The van der Waals surface area contributed by atoms with Gasteiger partial charge in [-0.2, -0.15) is 5.10 Å². The van der Waals surface area contributed by atoms with Crippen LogP contribution in [0.4, 0.5) is 5.82 Å². The van der Waals surface area contributed by atoms with Gasteiger partial charge in [-0.1, -0.05) is 47.5 Å². The third-order valence-corrected chi connectivity index (χ3v) is 6.28. The molecule has 2 heterocycles. The summed E-state index contributed by atoms with van der Waals surface area (Å²) in [6.07, 6.45) is 1.87. The van der Waals surface area contributed by atoms with E-state index in [9.17, 15) is 4.79 Å². The predicted molar refractivity (Wildman–Crippen MR) is 128 cm³/mol. The van der Waals surface area contributed by atoms with Crippen molar-refractivity contribution in [2.24, 2.45) is 0 Å². The predicted octanol–water partition coefficient (Wildman–Crippen LogP) is 6.20. The molecule has 0 saturated carbocycles. The summed E-state index contributed by atoms with van der Waals surface area (Å²) in [7, 11) is 0. The van der Waals surface area contributed by atoms with Crippen molar-refractivity contribution in [3.05, 3.63) is 97.8 Å². The Balaban J connectivity index is 1.36. The Bertz CT molecular complexity index is 1180. The molecule has 158 valence electrons. The van der Waals surface area contributed by atoms with E-state index in [1.165, 1.54) is 22.5 Å². The number of anilines is 1. The number of aryl methyl sites for hydroxylation is 2. The standard InChI is InChI=1S/C24H22BrN3O2S/c1-16-3-7-18(8-4-16)12-28-13-21(25)23(27-28)26-24(29)22-11-19(15-31-22)14-30-20-9-5-17(2)6-10-20/h3-11,13,15H,12,14H2,1-2H3,(H,26,27,29). The second kappa shape index (κ2) is 9.49. The van der Waals surface area contributed by atoms with E-state index in [0.29, 0.717) is 23.8 Å². The van der Waals surface area contributed by atoms with E-state index >= 15 is 0 Å². The van der Waals surface area contributed by atoms with E-state index in [-0.39, 0.29) is 5.91 Å². The number of benzene rings is 2. The van der Waals surface area contributed by atoms with Crippen molar-refractivity contribution in [3.63, 3.8) is 0 Å². The molecule has 4 aromatic rings. The molecule has 1 N–H and O–H groups in total. The molecule has 0 unspecified atom stereocenters. The van der Waals surface area contributed by atoms with E-state index in [4.69, 9.17) is 4.74 Å². The zero-order chi connectivity index (χ0) is 21.8. The fraction of sp³-hybridized carbons (Fsp3) is 0.167. The number of hydrogen-bond acceptors (Lipinski definition) is 4. The van der Waals surface area contributed by atoms with Crippen molar-refractivity contribution in [1.82, 2.24) is 9.78 Å². The van der Waals surface area contributed by atoms with Gasteiger partial charge in [0.05, 0.1) is 15.9 Å². The fourth-order valence-electron chi connectivity index (χ4n) is 2.98. The largest absolute Gasteiger partial charge is 0.489 e. The number of nitrogens with one attached hydrogen (secondary N) is 1. The zero-order valence-corrected chi connectivity index (χ0v) is 19.7. The van der Waals surface area contributed by atoms with Crippen LogP contribution in [0.15, 0.2) is 70.6 Å². The molecule has 31 heavy (non-hydrogen) atoms. The smallest absolute Gasteiger partial charge is 0.266 e. The highest BCUT2D eigenvalue weighted by Crippen LogP contribution is 2.24. The molecule has 0 aliphatic rings. The maximum Gasteiger partial charge on any atom is 0.266 e. The lowest BCUT2D eigenvalue weighted by Gasteiger charge is -2.04. The lowest BCUT2D eigenvalue weighted by Crippen LogP contribution is -2.11. The topological polar surface area (TPSA) is 56.2 Å². The van der Waals surface area contributed by atoms with Crippen molar-refractivity contribution >= 4 is 39.0 Å². The van der Waals surface area contributed by atoms with Crippen LogP contribution in [0.1, 0.15) is 31.9 Å². The van der Waals surface area contributed by atoms with E-state index in [2.05, 4.69) is 57.5 Å². The monoisotopic (exact) mass is 495 g/mol. The van der Waals surface area contributed by atoms with Gasteiger partial charge in [-0.3, -0.25) is 9.48 Å². The summed E-state index contributed by atoms with van der Waals surface area (Å²) in [6, 6.07) is 18.1. The van der Waals surface area contributed by atoms with Crippen LogP contribution in [0.5, 0.6) is 5.75 Å². The van der Waals surface area contributed by atoms with Crippen molar-refractivity contribution in [2.75, 3.05) is 5.32 Å². The van der Waals surface area contributed by atoms with Crippen LogP contribution in [-0.2, 0) is 13.2 Å². The summed E-state index contributed by atoms with van der Waals surface area (Å²) in [6.45, 7) is 5.15. The first-order chi connectivity index (χ1) is 15.0. The summed E-state index contributed by atoms with van der Waals surface area (Å²) in [5.41, 5.74) is 4.52. The number of thiophene rings is 1. The Labute approximate surface area is 193 Å². The Morgan fingerprint density at radius 2 is 1.74 bits per heavy atom. The SMILES string of the molecule is Cc1ccc(Cn2cc(Br)c(NC(=O)c3cc(COc4ccc(C)cc4)cs3)n2)cc1. The Hall–Kier alpha value is -2.90. The molecule has 0 fully saturated rings. The summed E-state index contributed by atoms with van der Waals surface area (Å²) in [5.74, 6) is 1.13. The van der Waals surface area contributed by atoms with Crippen LogP contribution in [0.2, 0.25) is 0 Å². The average Bonchev–Trinajstić information content (AvgIpc) is 3.36. The highest BCUT2D eigenvalue weighted by molar-refractivity contribution is 9.10. The van der Waals surface area contributed by atoms with Crippen LogP contribution >= 0.6 is 27.3 Å². The van der Waals surface area contributed by atoms with Gasteiger partial charge in [0, 0.05) is 11.8 Å². The maximum atomic E-state index is 12.7. The molecule has 5 nitrogen and oxygen atoms in total. The number of nitrogens with zero attached hydrogens (tertiary/aromatic N) is 2. The van der Waals surface area contributed by atoms with Gasteiger partial charge in [0.2, 0.25) is 0 Å². The molecule has 2 aromatic carbocycles. The molecule has 0 aliphatic carbocycles. The maximum absolute atomic E-state index is 12.7. The van der Waals surface area contributed by atoms with E-state index < -0.39 is 0 Å². The highest BCUT2D eigenvalue weighted by atomic mass is 79.9. The number of ether oxygens (including phenoxy) is 1. The van der Waals surface area contributed by atoms with Crippen LogP contribution in [-0.4, -0.2) is 15.7 Å². The van der Waals surface area contributed by atoms with Crippen LogP contribution in [0.25, 0.3) is 0 Å². The zero-order valence-electron chi connectivity index (χ0n) is 17.3. The van der Waals surface area contributed by atoms with Gasteiger partial charge >= 0.3 is 0 Å². The van der Waals surface area contributed by atoms with Gasteiger partial charge in [-0.25, -0.2) is 0 Å². The lowest BCUT2D eigenvalue weighted by molar-refractivity contribution is 0.103. The van der Waals surface area contributed by atoms with E-state index in [1.807, 2.05) is 48.8 Å². The van der Waals surface area contributed by atoms with E-state index in [1.54, 1.807) is 4.68 Å².